The minimum atomic E-state index is -1.62. The average Bonchev–Trinajstić information content (AvgIpc) is 3.19. The summed E-state index contributed by atoms with van der Waals surface area (Å²) in [6.45, 7) is 0. The van der Waals surface area contributed by atoms with Crippen molar-refractivity contribution in [2.75, 3.05) is 23.9 Å². The lowest BCUT2D eigenvalue weighted by molar-refractivity contribution is -0.458. The van der Waals surface area contributed by atoms with E-state index in [9.17, 15) is 15.0 Å². The number of fused-ring (bicyclic) bond motifs is 4. The van der Waals surface area contributed by atoms with Crippen molar-refractivity contribution < 1.29 is 15.0 Å². The predicted octanol–water partition coefficient (Wildman–Crippen LogP) is 4.69. The molecule has 4 unspecified atom stereocenters. The maximum Gasteiger partial charge on any atom is 0.125 e. The van der Waals surface area contributed by atoms with Gasteiger partial charge in [0.25, 0.3) is 0 Å². The minimum absolute atomic E-state index is 0.530. The van der Waals surface area contributed by atoms with Crippen LogP contribution in [-0.4, -0.2) is 32.1 Å². The van der Waals surface area contributed by atoms with Gasteiger partial charge in [-0.2, -0.15) is 0 Å². The van der Waals surface area contributed by atoms with Crippen LogP contribution in [0.5, 0.6) is 0 Å². The lowest BCUT2D eigenvalue weighted by atomic mass is 9.85. The van der Waals surface area contributed by atoms with Gasteiger partial charge in [-0.1, -0.05) is 91.1 Å². The standard InChI is InChI=1S/C35H28N2O3/c1-36-29-15-7-3-11-21(29)25(22-12-4-8-16-30(22)36)19-27-33(38)28(35(40)34(27)39)20-26-23-13-5-9-17-31(23)37(2)32-18-10-6-14-24(26)32/h3-20,27-28,33-34H,1-2H3/q-2. The third-order valence-corrected chi connectivity index (χ3v) is 8.62. The van der Waals surface area contributed by atoms with Crippen LogP contribution < -0.4 is 20.0 Å². The van der Waals surface area contributed by atoms with Crippen molar-refractivity contribution in [2.24, 2.45) is 11.8 Å². The van der Waals surface area contributed by atoms with Crippen LogP contribution >= 0.6 is 0 Å². The van der Waals surface area contributed by atoms with Crippen LogP contribution in [0.15, 0.2) is 109 Å². The SMILES string of the molecule is CN1c2ccccc2C(=CC2C(=O)C([O-])C(C=C3c4ccccc4N(C)c4ccccc43)C2[O-])c2ccccc21. The summed E-state index contributed by atoms with van der Waals surface area (Å²) in [7, 11) is 4.03. The fraction of sp³-hybridized carbons (Fsp3) is 0.171. The van der Waals surface area contributed by atoms with E-state index in [0.717, 1.165) is 56.1 Å². The zero-order valence-electron chi connectivity index (χ0n) is 22.3. The van der Waals surface area contributed by atoms with Gasteiger partial charge in [0.2, 0.25) is 0 Å². The van der Waals surface area contributed by atoms with Gasteiger partial charge >= 0.3 is 0 Å². The monoisotopic (exact) mass is 524 g/mol. The highest BCUT2D eigenvalue weighted by Crippen LogP contribution is 2.47. The molecular weight excluding hydrogens is 496 g/mol. The Hall–Kier alpha value is -4.45. The molecule has 4 aromatic carbocycles. The lowest BCUT2D eigenvalue weighted by Gasteiger charge is -2.35. The fourth-order valence-corrected chi connectivity index (χ4v) is 6.57. The molecule has 2 aliphatic heterocycles. The topological polar surface area (TPSA) is 69.7 Å². The van der Waals surface area contributed by atoms with Crippen molar-refractivity contribution >= 4 is 39.7 Å². The van der Waals surface area contributed by atoms with E-state index in [1.54, 1.807) is 12.2 Å². The molecule has 5 nitrogen and oxygen atoms in total. The zero-order valence-corrected chi connectivity index (χ0v) is 22.3. The number of hydrogen-bond donors (Lipinski definition) is 0. The third-order valence-electron chi connectivity index (χ3n) is 8.62. The highest BCUT2D eigenvalue weighted by Gasteiger charge is 2.38. The highest BCUT2D eigenvalue weighted by atomic mass is 16.3. The van der Waals surface area contributed by atoms with Crippen LogP contribution in [0.2, 0.25) is 0 Å². The van der Waals surface area contributed by atoms with Crippen LogP contribution in [0.1, 0.15) is 22.3 Å². The Balaban J connectivity index is 1.34. The average molecular weight is 525 g/mol. The molecule has 0 amide bonds. The number of para-hydroxylation sites is 4. The Morgan fingerprint density at radius 1 is 0.575 bits per heavy atom. The van der Waals surface area contributed by atoms with Gasteiger partial charge in [-0.15, -0.1) is 6.10 Å². The van der Waals surface area contributed by atoms with Crippen molar-refractivity contribution in [3.63, 3.8) is 0 Å². The number of benzene rings is 4. The van der Waals surface area contributed by atoms with Crippen molar-refractivity contribution in [1.29, 1.82) is 0 Å². The third kappa shape index (κ3) is 3.59. The summed E-state index contributed by atoms with van der Waals surface area (Å²) < 4.78 is 0. The first-order valence-corrected chi connectivity index (χ1v) is 13.6. The molecule has 0 aromatic heterocycles. The van der Waals surface area contributed by atoms with E-state index in [0.29, 0.717) is 0 Å². The molecule has 4 aromatic rings. The van der Waals surface area contributed by atoms with Crippen molar-refractivity contribution in [1.82, 2.24) is 0 Å². The maximum atomic E-state index is 14.0. The number of hydrogen-bond acceptors (Lipinski definition) is 5. The largest absolute Gasteiger partial charge is 0.851 e. The molecule has 1 saturated carbocycles. The van der Waals surface area contributed by atoms with Gasteiger partial charge in [0.05, 0.1) is 0 Å². The molecule has 0 bridgehead atoms. The van der Waals surface area contributed by atoms with Gasteiger partial charge in [-0.25, -0.2) is 0 Å². The van der Waals surface area contributed by atoms with E-state index in [2.05, 4.69) is 9.80 Å². The maximum absolute atomic E-state index is 14.0. The van der Waals surface area contributed by atoms with Gasteiger partial charge in [0.1, 0.15) is 5.78 Å². The number of rotatable bonds is 2. The summed E-state index contributed by atoms with van der Waals surface area (Å²) in [6.07, 6.45) is 0.554. The summed E-state index contributed by atoms with van der Waals surface area (Å²) >= 11 is 0. The number of anilines is 4. The summed E-state index contributed by atoms with van der Waals surface area (Å²) in [5, 5.41) is 27.5. The van der Waals surface area contributed by atoms with Gasteiger partial charge < -0.3 is 24.8 Å². The van der Waals surface area contributed by atoms with Gasteiger partial charge in [-0.05, 0) is 41.3 Å². The van der Waals surface area contributed by atoms with Crippen LogP contribution in [0.4, 0.5) is 22.7 Å². The summed E-state index contributed by atoms with van der Waals surface area (Å²) in [4.78, 5) is 17.7. The Morgan fingerprint density at radius 3 is 1.32 bits per heavy atom. The summed E-state index contributed by atoms with van der Waals surface area (Å²) in [6, 6.07) is 31.9. The first-order valence-electron chi connectivity index (χ1n) is 13.6. The molecule has 5 heteroatoms. The van der Waals surface area contributed by atoms with Gasteiger partial charge in [-0.3, -0.25) is 0 Å². The Morgan fingerprint density at radius 2 is 0.925 bits per heavy atom. The van der Waals surface area contributed by atoms with Gasteiger partial charge in [0.15, 0.2) is 0 Å². The first-order chi connectivity index (χ1) is 19.5. The number of nitrogens with zero attached hydrogens (tertiary/aromatic N) is 2. The van der Waals surface area contributed by atoms with Gasteiger partial charge in [0, 0.05) is 65.0 Å². The number of ketones is 1. The van der Waals surface area contributed by atoms with Crippen LogP contribution in [0.25, 0.3) is 11.1 Å². The summed E-state index contributed by atoms with van der Waals surface area (Å²) in [5.74, 6) is -2.51. The molecule has 1 fully saturated rings. The molecule has 7 rings (SSSR count). The summed E-state index contributed by atoms with van der Waals surface area (Å²) in [5.41, 5.74) is 9.48. The predicted molar refractivity (Wildman–Crippen MR) is 156 cm³/mol. The van der Waals surface area contributed by atoms with E-state index in [1.807, 2.05) is 111 Å². The Kier molecular flexibility index (Phi) is 5.74. The molecule has 0 N–H and O–H groups in total. The van der Waals surface area contributed by atoms with E-state index in [-0.39, 0.29) is 0 Å². The molecule has 0 saturated heterocycles. The van der Waals surface area contributed by atoms with Crippen LogP contribution in [0, 0.1) is 11.8 Å². The molecule has 3 aliphatic rings. The number of carbonyl (C=O) groups is 1. The van der Waals surface area contributed by atoms with E-state index in [4.69, 9.17) is 0 Å². The lowest BCUT2D eigenvalue weighted by Crippen LogP contribution is -2.40. The van der Waals surface area contributed by atoms with Crippen molar-refractivity contribution in [3.8, 4) is 0 Å². The number of carbonyl (C=O) groups excluding carboxylic acids is 1. The first kappa shape index (κ1) is 24.6. The smallest absolute Gasteiger partial charge is 0.125 e. The van der Waals surface area contributed by atoms with E-state index in [1.165, 1.54) is 0 Å². The molecule has 0 radical (unpaired) electrons. The number of Topliss-reactive ketones (excluding diaryl/α,β-unsaturated/α-hetero) is 1. The highest BCUT2D eigenvalue weighted by molar-refractivity contribution is 6.01. The second-order valence-electron chi connectivity index (χ2n) is 10.7. The molecule has 40 heavy (non-hydrogen) atoms. The molecule has 198 valence electrons. The molecular formula is C35H28N2O3-2. The molecule has 2 heterocycles. The van der Waals surface area contributed by atoms with E-state index >= 15 is 0 Å². The normalized spacial score (nSPS) is 22.9. The van der Waals surface area contributed by atoms with E-state index < -0.39 is 29.8 Å². The molecule has 0 spiro atoms. The quantitative estimate of drug-likeness (QED) is 0.381. The zero-order chi connectivity index (χ0) is 27.5. The molecule has 1 aliphatic carbocycles. The van der Waals surface area contributed by atoms with Crippen molar-refractivity contribution in [3.05, 3.63) is 131 Å². The van der Waals surface area contributed by atoms with Crippen molar-refractivity contribution in [2.45, 2.75) is 12.2 Å². The Labute approximate surface area is 233 Å². The minimum Gasteiger partial charge on any atom is -0.851 e. The second-order valence-corrected chi connectivity index (χ2v) is 10.7. The van der Waals surface area contributed by atoms with Crippen LogP contribution in [-0.2, 0) is 4.79 Å². The van der Waals surface area contributed by atoms with Crippen LogP contribution in [0.3, 0.4) is 0 Å². The molecule has 4 atom stereocenters. The fourth-order valence-electron chi connectivity index (χ4n) is 6.57. The second kappa shape index (κ2) is 9.33. The Bertz CT molecular complexity index is 1620.